The van der Waals surface area contributed by atoms with Gasteiger partial charge in [0.1, 0.15) is 4.90 Å². The number of nitrogens with one attached hydrogen (secondary N) is 2. The molecule has 0 fully saturated rings. The van der Waals surface area contributed by atoms with Gasteiger partial charge in [-0.15, -0.1) is 0 Å². The predicted molar refractivity (Wildman–Crippen MR) is 83.4 cm³/mol. The highest BCUT2D eigenvalue weighted by Crippen LogP contribution is 2.19. The Labute approximate surface area is 120 Å². The minimum absolute atomic E-state index is 0.307. The first kappa shape index (κ1) is 16.3. The molecular weight excluding hydrogens is 280 g/mol. The van der Waals surface area contributed by atoms with Crippen LogP contribution in [0.3, 0.4) is 0 Å². The van der Waals surface area contributed by atoms with Crippen molar-refractivity contribution in [1.29, 1.82) is 0 Å². The van der Waals surface area contributed by atoms with Crippen molar-refractivity contribution in [2.24, 2.45) is 0 Å². The van der Waals surface area contributed by atoms with Crippen LogP contribution < -0.4 is 10.0 Å². The van der Waals surface area contributed by atoms with E-state index in [2.05, 4.69) is 16.3 Å². The molecule has 2 N–H and O–H groups in total. The molecular formula is C13H22N2O2S2. The SMILES string of the molecule is CNc1ccccc1S(=O)(=O)NCCCCCSC. The third-order valence-electron chi connectivity index (χ3n) is 2.76. The summed E-state index contributed by atoms with van der Waals surface area (Å²) in [5.41, 5.74) is 0.623. The van der Waals surface area contributed by atoms with E-state index in [0.29, 0.717) is 17.1 Å². The maximum absolute atomic E-state index is 12.1. The average molecular weight is 302 g/mol. The van der Waals surface area contributed by atoms with Crippen molar-refractivity contribution in [3.8, 4) is 0 Å². The van der Waals surface area contributed by atoms with E-state index in [1.807, 2.05) is 17.8 Å². The van der Waals surface area contributed by atoms with Crippen molar-refractivity contribution in [1.82, 2.24) is 4.72 Å². The molecule has 0 spiro atoms. The van der Waals surface area contributed by atoms with Gasteiger partial charge < -0.3 is 5.32 Å². The third kappa shape index (κ3) is 5.42. The van der Waals surface area contributed by atoms with Crippen LogP contribution in [0.1, 0.15) is 19.3 Å². The molecule has 0 aliphatic rings. The zero-order valence-corrected chi connectivity index (χ0v) is 13.1. The summed E-state index contributed by atoms with van der Waals surface area (Å²) in [6, 6.07) is 6.91. The molecule has 0 atom stereocenters. The van der Waals surface area contributed by atoms with Crippen molar-refractivity contribution in [3.63, 3.8) is 0 Å². The lowest BCUT2D eigenvalue weighted by atomic mass is 10.2. The van der Waals surface area contributed by atoms with Gasteiger partial charge in [-0.3, -0.25) is 0 Å². The van der Waals surface area contributed by atoms with Crippen LogP contribution >= 0.6 is 11.8 Å². The maximum atomic E-state index is 12.1. The lowest BCUT2D eigenvalue weighted by Gasteiger charge is -2.10. The molecule has 0 heterocycles. The topological polar surface area (TPSA) is 58.2 Å². The summed E-state index contributed by atoms with van der Waals surface area (Å²) in [5.74, 6) is 1.13. The van der Waals surface area contributed by atoms with Gasteiger partial charge in [-0.2, -0.15) is 11.8 Å². The second kappa shape index (κ2) is 8.45. The van der Waals surface area contributed by atoms with E-state index in [1.165, 1.54) is 0 Å². The number of para-hydroxylation sites is 1. The molecule has 4 nitrogen and oxygen atoms in total. The molecule has 1 aromatic carbocycles. The predicted octanol–water partition coefficient (Wildman–Crippen LogP) is 2.54. The standard InChI is InChI=1S/C13H22N2O2S2/c1-14-12-8-4-5-9-13(12)19(16,17)15-10-6-3-7-11-18-2/h4-5,8-9,14-15H,3,6-7,10-11H2,1-2H3. The van der Waals surface area contributed by atoms with E-state index in [1.54, 1.807) is 25.2 Å². The van der Waals surface area contributed by atoms with Gasteiger partial charge in [0, 0.05) is 13.6 Å². The highest BCUT2D eigenvalue weighted by Gasteiger charge is 2.16. The molecule has 108 valence electrons. The van der Waals surface area contributed by atoms with Crippen LogP contribution in [0, 0.1) is 0 Å². The average Bonchev–Trinajstić information content (AvgIpc) is 2.42. The summed E-state index contributed by atoms with van der Waals surface area (Å²) in [6.07, 6.45) is 5.14. The molecule has 0 amide bonds. The summed E-state index contributed by atoms with van der Waals surface area (Å²) >= 11 is 1.82. The Kier molecular flexibility index (Phi) is 7.27. The lowest BCUT2D eigenvalue weighted by molar-refractivity contribution is 0.576. The van der Waals surface area contributed by atoms with E-state index in [4.69, 9.17) is 0 Å². The molecule has 0 saturated carbocycles. The lowest BCUT2D eigenvalue weighted by Crippen LogP contribution is -2.25. The number of benzene rings is 1. The number of rotatable bonds is 9. The highest BCUT2D eigenvalue weighted by atomic mass is 32.2. The molecule has 6 heteroatoms. The van der Waals surface area contributed by atoms with Gasteiger partial charge in [-0.1, -0.05) is 18.6 Å². The van der Waals surface area contributed by atoms with E-state index < -0.39 is 10.0 Å². The molecule has 19 heavy (non-hydrogen) atoms. The third-order valence-corrected chi connectivity index (χ3v) is 4.98. The van der Waals surface area contributed by atoms with E-state index in [-0.39, 0.29) is 0 Å². The Morgan fingerprint density at radius 2 is 1.89 bits per heavy atom. The molecule has 0 aliphatic heterocycles. The van der Waals surface area contributed by atoms with Crippen LogP contribution in [0.4, 0.5) is 5.69 Å². The van der Waals surface area contributed by atoms with Crippen molar-refractivity contribution < 1.29 is 8.42 Å². The summed E-state index contributed by atoms with van der Waals surface area (Å²) in [5, 5.41) is 2.90. The first-order chi connectivity index (χ1) is 9.11. The molecule has 0 bridgehead atoms. The van der Waals surface area contributed by atoms with E-state index in [0.717, 1.165) is 25.0 Å². The van der Waals surface area contributed by atoms with Gasteiger partial charge >= 0.3 is 0 Å². The van der Waals surface area contributed by atoms with Gasteiger partial charge in [0.25, 0.3) is 0 Å². The summed E-state index contributed by atoms with van der Waals surface area (Å²) in [4.78, 5) is 0.307. The fourth-order valence-corrected chi connectivity index (χ4v) is 3.52. The summed E-state index contributed by atoms with van der Waals surface area (Å²) < 4.78 is 26.9. The number of unbranched alkanes of at least 4 members (excludes halogenated alkanes) is 2. The molecule has 1 rings (SSSR count). The van der Waals surface area contributed by atoms with Crippen LogP contribution in [0.5, 0.6) is 0 Å². The van der Waals surface area contributed by atoms with Crippen LogP contribution in [-0.4, -0.2) is 34.0 Å². The summed E-state index contributed by atoms with van der Waals surface area (Å²) in [7, 11) is -1.69. The summed E-state index contributed by atoms with van der Waals surface area (Å²) in [6.45, 7) is 0.495. The molecule has 0 aromatic heterocycles. The minimum Gasteiger partial charge on any atom is -0.387 e. The van der Waals surface area contributed by atoms with Crippen LogP contribution in [0.15, 0.2) is 29.2 Å². The second-order valence-corrected chi connectivity index (χ2v) is 6.92. The Hall–Kier alpha value is -0.720. The molecule has 0 unspecified atom stereocenters. The van der Waals surface area contributed by atoms with Gasteiger partial charge in [0.05, 0.1) is 5.69 Å². The van der Waals surface area contributed by atoms with Crippen molar-refractivity contribution in [2.45, 2.75) is 24.2 Å². The minimum atomic E-state index is -3.41. The normalized spacial score (nSPS) is 11.5. The zero-order chi connectivity index (χ0) is 14.1. The van der Waals surface area contributed by atoms with Crippen LogP contribution in [-0.2, 0) is 10.0 Å². The van der Waals surface area contributed by atoms with Gasteiger partial charge in [-0.05, 0) is 37.0 Å². The van der Waals surface area contributed by atoms with Gasteiger partial charge in [-0.25, -0.2) is 13.1 Å². The van der Waals surface area contributed by atoms with Gasteiger partial charge in [0.2, 0.25) is 10.0 Å². The number of anilines is 1. The fraction of sp³-hybridized carbons (Fsp3) is 0.538. The quantitative estimate of drug-likeness (QED) is 0.688. The largest absolute Gasteiger partial charge is 0.387 e. The highest BCUT2D eigenvalue weighted by molar-refractivity contribution is 7.98. The monoisotopic (exact) mass is 302 g/mol. The zero-order valence-electron chi connectivity index (χ0n) is 11.5. The number of hydrogen-bond acceptors (Lipinski definition) is 4. The molecule has 0 aliphatic carbocycles. The number of hydrogen-bond donors (Lipinski definition) is 2. The molecule has 0 radical (unpaired) electrons. The van der Waals surface area contributed by atoms with Crippen LogP contribution in [0.25, 0.3) is 0 Å². The smallest absolute Gasteiger partial charge is 0.242 e. The van der Waals surface area contributed by atoms with Gasteiger partial charge in [0.15, 0.2) is 0 Å². The number of thioether (sulfide) groups is 1. The van der Waals surface area contributed by atoms with Crippen molar-refractivity contribution >= 4 is 27.5 Å². The van der Waals surface area contributed by atoms with E-state index >= 15 is 0 Å². The van der Waals surface area contributed by atoms with Crippen molar-refractivity contribution in [2.75, 3.05) is 30.9 Å². The van der Waals surface area contributed by atoms with Crippen LogP contribution in [0.2, 0.25) is 0 Å². The maximum Gasteiger partial charge on any atom is 0.242 e. The fourth-order valence-electron chi connectivity index (χ4n) is 1.74. The Balaban J connectivity index is 2.52. The Bertz CT molecular complexity index is 475. The second-order valence-electron chi connectivity index (χ2n) is 4.20. The molecule has 1 aromatic rings. The van der Waals surface area contributed by atoms with E-state index in [9.17, 15) is 8.42 Å². The van der Waals surface area contributed by atoms with Crippen molar-refractivity contribution in [3.05, 3.63) is 24.3 Å². The Morgan fingerprint density at radius 3 is 2.58 bits per heavy atom. The first-order valence-corrected chi connectivity index (χ1v) is 9.25. The number of sulfonamides is 1. The first-order valence-electron chi connectivity index (χ1n) is 6.37. The Morgan fingerprint density at radius 1 is 1.16 bits per heavy atom. The molecule has 0 saturated heterocycles.